The van der Waals surface area contributed by atoms with Crippen molar-refractivity contribution in [3.05, 3.63) is 6.07 Å². The summed E-state index contributed by atoms with van der Waals surface area (Å²) in [5, 5.41) is 18.8. The van der Waals surface area contributed by atoms with Crippen LogP contribution >= 0.6 is 11.9 Å². The first-order valence-electron chi connectivity index (χ1n) is 6.63. The summed E-state index contributed by atoms with van der Waals surface area (Å²) in [6, 6.07) is 1.28. The summed E-state index contributed by atoms with van der Waals surface area (Å²) in [6.07, 6.45) is 1.46. The SMILES string of the molecule is CCCNNC(=O)C(=O)N(CCC)Sc1cc(O)[nH]c1O. The highest BCUT2D eigenvalue weighted by Crippen LogP contribution is 2.33. The summed E-state index contributed by atoms with van der Waals surface area (Å²) < 4.78 is 1.23. The number of amides is 2. The van der Waals surface area contributed by atoms with E-state index in [0.717, 1.165) is 18.4 Å². The number of hydrazine groups is 1. The van der Waals surface area contributed by atoms with Crippen molar-refractivity contribution in [2.45, 2.75) is 31.6 Å². The van der Waals surface area contributed by atoms with Gasteiger partial charge in [0.15, 0.2) is 5.88 Å². The summed E-state index contributed by atoms with van der Waals surface area (Å²) in [5.74, 6) is -1.97. The Bertz CT molecular complexity index is 492. The molecule has 2 amide bonds. The lowest BCUT2D eigenvalue weighted by molar-refractivity contribution is -0.143. The minimum Gasteiger partial charge on any atom is -0.494 e. The van der Waals surface area contributed by atoms with Crippen LogP contribution in [0.15, 0.2) is 11.0 Å². The molecular formula is C12H20N4O4S. The molecule has 0 unspecified atom stereocenters. The molecule has 1 rings (SSSR count). The zero-order chi connectivity index (χ0) is 15.8. The molecule has 21 heavy (non-hydrogen) atoms. The summed E-state index contributed by atoms with van der Waals surface area (Å²) in [7, 11) is 0. The lowest BCUT2D eigenvalue weighted by Gasteiger charge is -2.19. The van der Waals surface area contributed by atoms with Crippen molar-refractivity contribution in [1.29, 1.82) is 0 Å². The normalized spacial score (nSPS) is 10.4. The predicted molar refractivity (Wildman–Crippen MR) is 78.4 cm³/mol. The molecule has 0 aliphatic rings. The van der Waals surface area contributed by atoms with E-state index in [1.54, 1.807) is 0 Å². The van der Waals surface area contributed by atoms with Crippen LogP contribution in [0.4, 0.5) is 0 Å². The third-order valence-electron chi connectivity index (χ3n) is 2.38. The molecule has 0 aliphatic carbocycles. The van der Waals surface area contributed by atoms with Crippen LogP contribution in [0.3, 0.4) is 0 Å². The Labute approximate surface area is 127 Å². The van der Waals surface area contributed by atoms with Crippen LogP contribution in [0.2, 0.25) is 0 Å². The van der Waals surface area contributed by atoms with Gasteiger partial charge in [-0.1, -0.05) is 13.8 Å². The van der Waals surface area contributed by atoms with Gasteiger partial charge < -0.3 is 10.2 Å². The summed E-state index contributed by atoms with van der Waals surface area (Å²) in [4.78, 5) is 26.3. The lowest BCUT2D eigenvalue weighted by Crippen LogP contribution is -2.46. The molecule has 0 bridgehead atoms. The van der Waals surface area contributed by atoms with Crippen LogP contribution in [0.1, 0.15) is 26.7 Å². The van der Waals surface area contributed by atoms with Crippen LogP contribution in [0.5, 0.6) is 11.8 Å². The molecule has 0 saturated carbocycles. The van der Waals surface area contributed by atoms with Gasteiger partial charge in [0, 0.05) is 19.2 Å². The van der Waals surface area contributed by atoms with E-state index in [-0.39, 0.29) is 16.7 Å². The molecule has 0 atom stereocenters. The number of aromatic amines is 1. The maximum absolute atomic E-state index is 12.0. The van der Waals surface area contributed by atoms with Crippen LogP contribution in [0.25, 0.3) is 0 Å². The standard InChI is InChI=1S/C12H20N4O4S/c1-3-5-13-15-11(19)12(20)16(6-4-2)21-8-7-9(17)14-10(8)18/h7,13-14,17-18H,3-6H2,1-2H3,(H,15,19). The highest BCUT2D eigenvalue weighted by atomic mass is 32.2. The maximum Gasteiger partial charge on any atom is 0.324 e. The number of aromatic nitrogens is 1. The zero-order valence-corrected chi connectivity index (χ0v) is 12.8. The van der Waals surface area contributed by atoms with Crippen molar-refractivity contribution in [3.63, 3.8) is 0 Å². The molecule has 0 spiro atoms. The molecule has 1 heterocycles. The van der Waals surface area contributed by atoms with E-state index >= 15 is 0 Å². The minimum atomic E-state index is -0.774. The molecular weight excluding hydrogens is 296 g/mol. The Kier molecular flexibility index (Phi) is 6.89. The predicted octanol–water partition coefficient (Wildman–Crippen LogP) is 0.702. The Hall–Kier alpha value is -1.87. The molecule has 0 aromatic carbocycles. The second-order valence-corrected chi connectivity index (χ2v) is 5.31. The second-order valence-electron chi connectivity index (χ2n) is 4.25. The number of hydrogen-bond acceptors (Lipinski definition) is 6. The second kappa shape index (κ2) is 8.42. The van der Waals surface area contributed by atoms with Gasteiger partial charge in [-0.2, -0.15) is 0 Å². The van der Waals surface area contributed by atoms with E-state index in [4.69, 9.17) is 0 Å². The molecule has 5 N–H and O–H groups in total. The first kappa shape index (κ1) is 17.2. The van der Waals surface area contributed by atoms with Crippen LogP contribution in [-0.4, -0.2) is 44.4 Å². The number of nitrogens with one attached hydrogen (secondary N) is 3. The number of H-pyrrole nitrogens is 1. The third-order valence-corrected chi connectivity index (χ3v) is 3.46. The summed E-state index contributed by atoms with van der Waals surface area (Å²) in [5.41, 5.74) is 4.95. The molecule has 0 aliphatic heterocycles. The fourth-order valence-corrected chi connectivity index (χ4v) is 2.41. The van der Waals surface area contributed by atoms with Crippen molar-refractivity contribution >= 4 is 23.8 Å². The molecule has 8 nitrogen and oxygen atoms in total. The van der Waals surface area contributed by atoms with Gasteiger partial charge in [0.05, 0.1) is 4.90 Å². The fourth-order valence-electron chi connectivity index (χ4n) is 1.43. The van der Waals surface area contributed by atoms with Gasteiger partial charge in [0.25, 0.3) is 0 Å². The third kappa shape index (κ3) is 5.20. The quantitative estimate of drug-likeness (QED) is 0.219. The van der Waals surface area contributed by atoms with E-state index in [2.05, 4.69) is 15.8 Å². The number of carbonyl (C=O) groups is 2. The monoisotopic (exact) mass is 316 g/mol. The number of aromatic hydroxyl groups is 2. The number of hydrogen-bond donors (Lipinski definition) is 5. The number of carbonyl (C=O) groups excluding carboxylic acids is 2. The largest absolute Gasteiger partial charge is 0.494 e. The Morgan fingerprint density at radius 2 is 2.05 bits per heavy atom. The van der Waals surface area contributed by atoms with E-state index in [1.165, 1.54) is 10.4 Å². The van der Waals surface area contributed by atoms with E-state index in [1.807, 2.05) is 13.8 Å². The average molecular weight is 316 g/mol. The van der Waals surface area contributed by atoms with Gasteiger partial charge in [-0.3, -0.25) is 24.3 Å². The van der Waals surface area contributed by atoms with E-state index in [0.29, 0.717) is 19.5 Å². The van der Waals surface area contributed by atoms with Crippen molar-refractivity contribution in [2.24, 2.45) is 0 Å². The Morgan fingerprint density at radius 3 is 2.57 bits per heavy atom. The fraction of sp³-hybridized carbons (Fsp3) is 0.500. The molecule has 0 fully saturated rings. The first-order chi connectivity index (χ1) is 9.99. The van der Waals surface area contributed by atoms with Crippen molar-refractivity contribution in [3.8, 4) is 11.8 Å². The van der Waals surface area contributed by atoms with Gasteiger partial charge in [0.1, 0.15) is 0 Å². The van der Waals surface area contributed by atoms with Gasteiger partial charge >= 0.3 is 11.8 Å². The summed E-state index contributed by atoms with van der Waals surface area (Å²) in [6.45, 7) is 4.69. The van der Waals surface area contributed by atoms with E-state index in [9.17, 15) is 19.8 Å². The van der Waals surface area contributed by atoms with Crippen molar-refractivity contribution < 1.29 is 19.8 Å². The molecule has 1 aromatic rings. The van der Waals surface area contributed by atoms with Gasteiger partial charge in [0.2, 0.25) is 5.88 Å². The van der Waals surface area contributed by atoms with E-state index < -0.39 is 11.8 Å². The summed E-state index contributed by atoms with van der Waals surface area (Å²) >= 11 is 0.890. The molecule has 118 valence electrons. The van der Waals surface area contributed by atoms with Crippen molar-refractivity contribution in [2.75, 3.05) is 13.1 Å². The Morgan fingerprint density at radius 1 is 1.33 bits per heavy atom. The average Bonchev–Trinajstić information content (AvgIpc) is 2.75. The maximum atomic E-state index is 12.0. The van der Waals surface area contributed by atoms with Gasteiger partial charge in [-0.15, -0.1) is 0 Å². The topological polar surface area (TPSA) is 118 Å². The Balaban J connectivity index is 2.69. The number of nitrogens with zero attached hydrogens (tertiary/aromatic N) is 1. The van der Waals surface area contributed by atoms with Crippen LogP contribution < -0.4 is 10.9 Å². The van der Waals surface area contributed by atoms with Gasteiger partial charge in [-0.25, -0.2) is 5.43 Å². The van der Waals surface area contributed by atoms with Gasteiger partial charge in [-0.05, 0) is 24.8 Å². The van der Waals surface area contributed by atoms with Crippen molar-refractivity contribution in [1.82, 2.24) is 20.1 Å². The van der Waals surface area contributed by atoms with Crippen LogP contribution in [-0.2, 0) is 9.59 Å². The lowest BCUT2D eigenvalue weighted by atomic mass is 10.4. The molecule has 0 radical (unpaired) electrons. The highest BCUT2D eigenvalue weighted by molar-refractivity contribution is 7.97. The smallest absolute Gasteiger partial charge is 0.324 e. The molecule has 0 saturated heterocycles. The minimum absolute atomic E-state index is 0.215. The molecule has 9 heteroatoms. The molecule has 1 aromatic heterocycles. The highest BCUT2D eigenvalue weighted by Gasteiger charge is 2.24. The first-order valence-corrected chi connectivity index (χ1v) is 7.40. The zero-order valence-electron chi connectivity index (χ0n) is 12.0. The van der Waals surface area contributed by atoms with Crippen LogP contribution in [0, 0.1) is 0 Å². The number of rotatable bonds is 7.